The molecule has 0 unspecified atom stereocenters. The van der Waals surface area contributed by atoms with Crippen molar-refractivity contribution in [3.63, 3.8) is 0 Å². The zero-order chi connectivity index (χ0) is 11.7. The Balaban J connectivity index is 2.37. The maximum atomic E-state index is 5.90. The van der Waals surface area contributed by atoms with E-state index in [1.807, 2.05) is 0 Å². The highest BCUT2D eigenvalue weighted by atomic mass is 35.5. The van der Waals surface area contributed by atoms with Crippen molar-refractivity contribution in [2.75, 3.05) is 17.7 Å². The van der Waals surface area contributed by atoms with Crippen molar-refractivity contribution >= 4 is 40.8 Å². The van der Waals surface area contributed by atoms with Gasteiger partial charge in [0.25, 0.3) is 5.95 Å². The number of benzene rings is 1. The number of nitrogen functional groups attached to an aromatic ring is 1. The van der Waals surface area contributed by atoms with Crippen molar-refractivity contribution in [1.82, 2.24) is 15.2 Å². The van der Waals surface area contributed by atoms with Crippen molar-refractivity contribution in [3.8, 4) is 0 Å². The van der Waals surface area contributed by atoms with E-state index in [4.69, 9.17) is 28.9 Å². The van der Waals surface area contributed by atoms with Gasteiger partial charge >= 0.3 is 0 Å². The summed E-state index contributed by atoms with van der Waals surface area (Å²) in [5, 5.41) is 7.59. The average molecular weight is 258 g/mol. The van der Waals surface area contributed by atoms with Crippen molar-refractivity contribution in [2.45, 2.75) is 0 Å². The van der Waals surface area contributed by atoms with E-state index in [1.165, 1.54) is 0 Å². The Kier molecular flexibility index (Phi) is 2.89. The third-order valence-electron chi connectivity index (χ3n) is 2.03. The van der Waals surface area contributed by atoms with E-state index in [9.17, 15) is 0 Å². The quantitative estimate of drug-likeness (QED) is 0.867. The van der Waals surface area contributed by atoms with E-state index in [0.717, 1.165) is 5.69 Å². The number of H-pyrrole nitrogens is 1. The van der Waals surface area contributed by atoms with Crippen LogP contribution in [0.1, 0.15) is 0 Å². The molecule has 16 heavy (non-hydrogen) atoms. The van der Waals surface area contributed by atoms with Crippen LogP contribution in [0.4, 0.5) is 17.6 Å². The van der Waals surface area contributed by atoms with Gasteiger partial charge < -0.3 is 10.6 Å². The zero-order valence-electron chi connectivity index (χ0n) is 8.41. The Bertz CT molecular complexity index is 490. The largest absolute Gasteiger partial charge is 0.368 e. The molecule has 0 saturated carbocycles. The molecule has 0 amide bonds. The summed E-state index contributed by atoms with van der Waals surface area (Å²) in [6.07, 6.45) is 0. The highest BCUT2D eigenvalue weighted by molar-refractivity contribution is 6.35. The SMILES string of the molecule is CN(c1cc(Cl)cc(Cl)c1)c1n[nH]c(N)n1. The summed E-state index contributed by atoms with van der Waals surface area (Å²) in [7, 11) is 1.80. The Morgan fingerprint density at radius 3 is 2.38 bits per heavy atom. The van der Waals surface area contributed by atoms with Gasteiger partial charge in [-0.1, -0.05) is 23.2 Å². The van der Waals surface area contributed by atoms with Gasteiger partial charge in [0, 0.05) is 22.8 Å². The topological polar surface area (TPSA) is 70.8 Å². The van der Waals surface area contributed by atoms with Crippen molar-refractivity contribution in [2.24, 2.45) is 0 Å². The predicted molar refractivity (Wildman–Crippen MR) is 65.3 cm³/mol. The molecule has 0 atom stereocenters. The summed E-state index contributed by atoms with van der Waals surface area (Å²) in [6.45, 7) is 0. The molecule has 0 saturated heterocycles. The molecule has 3 N–H and O–H groups in total. The lowest BCUT2D eigenvalue weighted by atomic mass is 10.3. The fraction of sp³-hybridized carbons (Fsp3) is 0.111. The van der Waals surface area contributed by atoms with Gasteiger partial charge in [-0.2, -0.15) is 4.98 Å². The first-order valence-corrected chi connectivity index (χ1v) is 5.19. The minimum Gasteiger partial charge on any atom is -0.368 e. The van der Waals surface area contributed by atoms with E-state index < -0.39 is 0 Å². The molecular formula is C9H9Cl2N5. The Morgan fingerprint density at radius 1 is 1.25 bits per heavy atom. The van der Waals surface area contributed by atoms with Crippen LogP contribution in [0.25, 0.3) is 0 Å². The molecule has 1 heterocycles. The van der Waals surface area contributed by atoms with Crippen LogP contribution >= 0.6 is 23.2 Å². The summed E-state index contributed by atoms with van der Waals surface area (Å²) in [4.78, 5) is 5.72. The van der Waals surface area contributed by atoms with Crippen LogP contribution in [0.5, 0.6) is 0 Å². The first-order valence-electron chi connectivity index (χ1n) is 4.44. The number of rotatable bonds is 2. The van der Waals surface area contributed by atoms with Gasteiger partial charge in [0.05, 0.1) is 0 Å². The lowest BCUT2D eigenvalue weighted by Crippen LogP contribution is -2.11. The number of halogens is 2. The molecule has 0 bridgehead atoms. The molecule has 0 aliphatic heterocycles. The van der Waals surface area contributed by atoms with Crippen LogP contribution in [-0.2, 0) is 0 Å². The molecule has 84 valence electrons. The second-order valence-corrected chi connectivity index (χ2v) is 4.08. The normalized spacial score (nSPS) is 10.4. The minimum absolute atomic E-state index is 0.259. The third-order valence-corrected chi connectivity index (χ3v) is 2.46. The van der Waals surface area contributed by atoms with Gasteiger partial charge in [0.15, 0.2) is 0 Å². The molecule has 5 nitrogen and oxygen atoms in total. The van der Waals surface area contributed by atoms with Crippen LogP contribution in [0, 0.1) is 0 Å². The van der Waals surface area contributed by atoms with Gasteiger partial charge in [-0.25, -0.2) is 5.10 Å². The molecule has 0 aliphatic carbocycles. The second-order valence-electron chi connectivity index (χ2n) is 3.21. The summed E-state index contributed by atoms with van der Waals surface area (Å²) in [5.41, 5.74) is 6.23. The molecule has 7 heteroatoms. The number of nitrogens with zero attached hydrogens (tertiary/aromatic N) is 3. The number of aromatic nitrogens is 3. The third kappa shape index (κ3) is 2.20. The Morgan fingerprint density at radius 2 is 1.88 bits per heavy atom. The minimum atomic E-state index is 0.259. The van der Waals surface area contributed by atoms with Gasteiger partial charge in [-0.05, 0) is 18.2 Å². The van der Waals surface area contributed by atoms with Gasteiger partial charge in [-0.3, -0.25) is 0 Å². The van der Waals surface area contributed by atoms with Gasteiger partial charge in [-0.15, -0.1) is 5.10 Å². The predicted octanol–water partition coefficient (Wildman–Crippen LogP) is 2.46. The van der Waals surface area contributed by atoms with E-state index in [1.54, 1.807) is 30.1 Å². The molecule has 0 spiro atoms. The van der Waals surface area contributed by atoms with Crippen LogP contribution in [0.3, 0.4) is 0 Å². The molecule has 1 aromatic heterocycles. The van der Waals surface area contributed by atoms with E-state index >= 15 is 0 Å². The summed E-state index contributed by atoms with van der Waals surface area (Å²) in [6, 6.07) is 5.19. The first-order chi connectivity index (χ1) is 7.56. The van der Waals surface area contributed by atoms with Crippen LogP contribution < -0.4 is 10.6 Å². The fourth-order valence-electron chi connectivity index (χ4n) is 1.26. The van der Waals surface area contributed by atoms with Crippen LogP contribution in [-0.4, -0.2) is 22.2 Å². The number of anilines is 3. The maximum absolute atomic E-state index is 5.90. The van der Waals surface area contributed by atoms with E-state index in [0.29, 0.717) is 16.0 Å². The smallest absolute Gasteiger partial charge is 0.250 e. The first kappa shape index (κ1) is 11.0. The molecule has 2 aromatic rings. The number of hydrogen-bond donors (Lipinski definition) is 2. The summed E-state index contributed by atoms with van der Waals surface area (Å²) in [5.74, 6) is 0.714. The molecule has 0 aliphatic rings. The molecule has 0 radical (unpaired) electrons. The average Bonchev–Trinajstić information content (AvgIpc) is 2.62. The van der Waals surface area contributed by atoms with Gasteiger partial charge in [0.1, 0.15) is 0 Å². The van der Waals surface area contributed by atoms with Crippen LogP contribution in [0.2, 0.25) is 10.0 Å². The molecule has 2 rings (SSSR count). The number of nitrogens with two attached hydrogens (primary N) is 1. The fourth-order valence-corrected chi connectivity index (χ4v) is 1.78. The van der Waals surface area contributed by atoms with Crippen molar-refractivity contribution in [3.05, 3.63) is 28.2 Å². The zero-order valence-corrected chi connectivity index (χ0v) is 9.92. The molecule has 0 fully saturated rings. The second kappa shape index (κ2) is 4.19. The number of hydrogen-bond acceptors (Lipinski definition) is 4. The van der Waals surface area contributed by atoms with Crippen molar-refractivity contribution in [1.29, 1.82) is 0 Å². The van der Waals surface area contributed by atoms with Crippen molar-refractivity contribution < 1.29 is 0 Å². The maximum Gasteiger partial charge on any atom is 0.250 e. The lowest BCUT2D eigenvalue weighted by molar-refractivity contribution is 1.04. The Hall–Kier alpha value is -1.46. The van der Waals surface area contributed by atoms with E-state index in [-0.39, 0.29) is 5.95 Å². The molecule has 1 aromatic carbocycles. The standard InChI is InChI=1S/C9H9Cl2N5/c1-16(9-13-8(12)14-15-9)7-3-5(10)2-6(11)4-7/h2-4H,1H3,(H3,12,13,14,15). The summed E-state index contributed by atoms with van der Waals surface area (Å²) >= 11 is 11.8. The van der Waals surface area contributed by atoms with E-state index in [2.05, 4.69) is 15.2 Å². The summed E-state index contributed by atoms with van der Waals surface area (Å²) < 4.78 is 0. The van der Waals surface area contributed by atoms with Crippen LogP contribution in [0.15, 0.2) is 18.2 Å². The number of nitrogens with one attached hydrogen (secondary N) is 1. The number of aromatic amines is 1. The molecular weight excluding hydrogens is 249 g/mol. The lowest BCUT2D eigenvalue weighted by Gasteiger charge is -2.15. The Labute approximate surface area is 102 Å². The highest BCUT2D eigenvalue weighted by Gasteiger charge is 2.10. The highest BCUT2D eigenvalue weighted by Crippen LogP contribution is 2.27. The monoisotopic (exact) mass is 257 g/mol. The van der Waals surface area contributed by atoms with Gasteiger partial charge in [0.2, 0.25) is 5.95 Å².